The normalized spacial score (nSPS) is 12.8. The van der Waals surface area contributed by atoms with Crippen LogP contribution < -0.4 is 0 Å². The molecule has 0 bridgehead atoms. The maximum absolute atomic E-state index is 13.9. The van der Waals surface area contributed by atoms with Gasteiger partial charge < -0.3 is 8.95 Å². The third kappa shape index (κ3) is 2.20. The zero-order valence-corrected chi connectivity index (χ0v) is 10.9. The van der Waals surface area contributed by atoms with Crippen LogP contribution in [0, 0.1) is 5.82 Å². The van der Waals surface area contributed by atoms with Crippen LogP contribution in [0.3, 0.4) is 0 Å². The van der Waals surface area contributed by atoms with Gasteiger partial charge in [-0.2, -0.15) is 0 Å². The number of fused-ring (bicyclic) bond motifs is 1. The van der Waals surface area contributed by atoms with Crippen LogP contribution in [0.25, 0.3) is 16.9 Å². The maximum atomic E-state index is 13.9. The average molecular weight is 275 g/mol. The van der Waals surface area contributed by atoms with E-state index in [1.54, 1.807) is 41.5 Å². The Morgan fingerprint density at radius 2 is 2.21 bits per heavy atom. The third-order valence-corrected chi connectivity index (χ3v) is 3.73. The fraction of sp³-hybridized carbons (Fsp3) is 0.0769. The zero-order chi connectivity index (χ0) is 13.4. The van der Waals surface area contributed by atoms with E-state index in [-0.39, 0.29) is 5.82 Å². The lowest BCUT2D eigenvalue weighted by atomic mass is 10.1. The molecule has 3 rings (SSSR count). The van der Waals surface area contributed by atoms with Gasteiger partial charge in [-0.1, -0.05) is 0 Å². The van der Waals surface area contributed by atoms with Crippen LogP contribution in [-0.4, -0.2) is 25.2 Å². The van der Waals surface area contributed by atoms with E-state index in [1.165, 1.54) is 12.1 Å². The Labute approximate surface area is 112 Å². The Bertz CT molecular complexity index is 709. The first-order valence-corrected chi connectivity index (χ1v) is 7.13. The second-order valence-electron chi connectivity index (χ2n) is 4.06. The van der Waals surface area contributed by atoms with E-state index in [4.69, 9.17) is 0 Å². The van der Waals surface area contributed by atoms with Crippen molar-refractivity contribution in [3.63, 3.8) is 0 Å². The van der Waals surface area contributed by atoms with Gasteiger partial charge in [0.05, 0.1) is 11.9 Å². The van der Waals surface area contributed by atoms with Gasteiger partial charge in [0.15, 0.2) is 10.5 Å². The number of hydrogen-bond acceptors (Lipinski definition) is 3. The lowest BCUT2D eigenvalue weighted by Gasteiger charge is -2.06. The number of nitrogens with zero attached hydrogens (tertiary/aromatic N) is 3. The number of benzene rings is 1. The first-order valence-electron chi connectivity index (χ1n) is 5.57. The number of aromatic nitrogens is 3. The average Bonchev–Trinajstić information content (AvgIpc) is 2.82. The summed E-state index contributed by atoms with van der Waals surface area (Å²) < 4.78 is 27.1. The molecule has 1 aromatic carbocycles. The van der Waals surface area contributed by atoms with Crippen molar-refractivity contribution in [3.8, 4) is 11.3 Å². The smallest absolute Gasteiger partial charge is 0.155 e. The van der Waals surface area contributed by atoms with E-state index in [1.807, 2.05) is 0 Å². The summed E-state index contributed by atoms with van der Waals surface area (Å²) in [6.45, 7) is 0. The lowest BCUT2D eigenvalue weighted by Crippen LogP contribution is -1.98. The van der Waals surface area contributed by atoms with Crippen molar-refractivity contribution in [2.75, 3.05) is 6.26 Å². The molecule has 0 radical (unpaired) electrons. The van der Waals surface area contributed by atoms with Gasteiger partial charge in [-0.3, -0.25) is 4.98 Å². The number of hydrogen-bond donors (Lipinski definition) is 0. The van der Waals surface area contributed by atoms with E-state index in [2.05, 4.69) is 9.97 Å². The molecule has 96 valence electrons. The molecule has 1 unspecified atom stereocenters. The highest BCUT2D eigenvalue weighted by Crippen LogP contribution is 2.25. The van der Waals surface area contributed by atoms with Crippen LogP contribution in [0.15, 0.2) is 47.9 Å². The van der Waals surface area contributed by atoms with Crippen LogP contribution >= 0.6 is 0 Å². The van der Waals surface area contributed by atoms with Gasteiger partial charge in [0.25, 0.3) is 0 Å². The molecule has 0 aliphatic heterocycles. The molecule has 0 saturated carbocycles. The van der Waals surface area contributed by atoms with E-state index in [0.717, 1.165) is 0 Å². The highest BCUT2D eigenvalue weighted by Gasteiger charge is 2.14. The Hall–Kier alpha value is -1.92. The highest BCUT2D eigenvalue weighted by atomic mass is 32.2. The van der Waals surface area contributed by atoms with E-state index < -0.39 is 11.2 Å². The summed E-state index contributed by atoms with van der Waals surface area (Å²) in [5.74, 6) is -0.384. The Morgan fingerprint density at radius 3 is 2.95 bits per heavy atom. The molecule has 6 heteroatoms. The summed E-state index contributed by atoms with van der Waals surface area (Å²) in [4.78, 5) is 8.84. The molecule has 0 fully saturated rings. The molecule has 2 aromatic heterocycles. The lowest BCUT2D eigenvalue weighted by molar-refractivity contribution is 0.599. The molecule has 4 nitrogen and oxygen atoms in total. The standard InChI is InChI=1S/C13H10FN3OS/c1-19(18)9-2-3-11(14)10(6-9)12-8-17-5-4-15-7-13(17)16-12/h2-8H,1H3. The van der Waals surface area contributed by atoms with Gasteiger partial charge in [-0.25, -0.2) is 9.37 Å². The monoisotopic (exact) mass is 275 g/mol. The predicted octanol–water partition coefficient (Wildman–Crippen LogP) is 2.27. The summed E-state index contributed by atoms with van der Waals surface area (Å²) in [5.41, 5.74) is 1.48. The molecule has 1 atom stereocenters. The molecule has 0 aliphatic carbocycles. The molecule has 0 saturated heterocycles. The van der Waals surface area contributed by atoms with Gasteiger partial charge in [-0.05, 0) is 23.3 Å². The summed E-state index contributed by atoms with van der Waals surface area (Å²) >= 11 is -1.15. The number of rotatable bonds is 2. The van der Waals surface area contributed by atoms with E-state index in [0.29, 0.717) is 21.8 Å². The minimum absolute atomic E-state index is 0.344. The molecule has 2 heterocycles. The molecular formula is C13H10FN3OS. The van der Waals surface area contributed by atoms with Crippen molar-refractivity contribution < 1.29 is 8.94 Å². The maximum Gasteiger partial charge on any atom is 0.155 e. The predicted molar refractivity (Wildman–Crippen MR) is 70.7 cm³/mol. The minimum atomic E-state index is -1.15. The van der Waals surface area contributed by atoms with Gasteiger partial charge in [-0.15, -0.1) is 0 Å². The number of halogens is 1. The molecule has 0 amide bonds. The minimum Gasteiger partial charge on any atom is -0.612 e. The van der Waals surface area contributed by atoms with Crippen LogP contribution in [0.2, 0.25) is 0 Å². The Kier molecular flexibility index (Phi) is 2.96. The van der Waals surface area contributed by atoms with Crippen LogP contribution in [0.1, 0.15) is 0 Å². The molecule has 0 N–H and O–H groups in total. The molecule has 3 aromatic rings. The molecule has 0 aliphatic rings. The Morgan fingerprint density at radius 1 is 1.37 bits per heavy atom. The van der Waals surface area contributed by atoms with Crippen molar-refractivity contribution in [1.82, 2.24) is 14.4 Å². The van der Waals surface area contributed by atoms with Crippen molar-refractivity contribution in [2.24, 2.45) is 0 Å². The second-order valence-corrected chi connectivity index (χ2v) is 5.44. The van der Waals surface area contributed by atoms with Crippen LogP contribution in [0.4, 0.5) is 4.39 Å². The van der Waals surface area contributed by atoms with E-state index in [9.17, 15) is 8.94 Å². The van der Waals surface area contributed by atoms with Crippen molar-refractivity contribution >= 4 is 16.8 Å². The summed E-state index contributed by atoms with van der Waals surface area (Å²) in [6, 6.07) is 4.40. The first-order chi connectivity index (χ1) is 9.15. The molecule has 19 heavy (non-hydrogen) atoms. The fourth-order valence-corrected chi connectivity index (χ4v) is 2.40. The quantitative estimate of drug-likeness (QED) is 0.674. The summed E-state index contributed by atoms with van der Waals surface area (Å²) in [5, 5.41) is 0. The van der Waals surface area contributed by atoms with Crippen LogP contribution in [-0.2, 0) is 11.2 Å². The Balaban J connectivity index is 2.17. The summed E-state index contributed by atoms with van der Waals surface area (Å²) in [7, 11) is 0. The van der Waals surface area contributed by atoms with Crippen molar-refractivity contribution in [2.45, 2.75) is 4.90 Å². The van der Waals surface area contributed by atoms with Crippen LogP contribution in [0.5, 0.6) is 0 Å². The zero-order valence-electron chi connectivity index (χ0n) is 10.1. The van der Waals surface area contributed by atoms with Gasteiger partial charge >= 0.3 is 0 Å². The second kappa shape index (κ2) is 4.64. The summed E-state index contributed by atoms with van der Waals surface area (Å²) in [6.07, 6.45) is 8.25. The van der Waals surface area contributed by atoms with Crippen molar-refractivity contribution in [3.05, 3.63) is 48.8 Å². The largest absolute Gasteiger partial charge is 0.612 e. The SMILES string of the molecule is C[S+]([O-])c1ccc(F)c(-c2cn3ccncc3n2)c1. The van der Waals surface area contributed by atoms with Gasteiger partial charge in [0.2, 0.25) is 0 Å². The molecular weight excluding hydrogens is 265 g/mol. The van der Waals surface area contributed by atoms with E-state index >= 15 is 0 Å². The molecule has 0 spiro atoms. The number of imidazole rings is 1. The topological polar surface area (TPSA) is 53.2 Å². The third-order valence-electron chi connectivity index (χ3n) is 2.81. The fourth-order valence-electron chi connectivity index (χ4n) is 1.85. The van der Waals surface area contributed by atoms with Gasteiger partial charge in [0.1, 0.15) is 12.1 Å². The van der Waals surface area contributed by atoms with Gasteiger partial charge in [0, 0.05) is 30.2 Å². The highest BCUT2D eigenvalue weighted by molar-refractivity contribution is 7.90. The van der Waals surface area contributed by atoms with Crippen molar-refractivity contribution in [1.29, 1.82) is 0 Å². The first kappa shape index (κ1) is 12.1.